The van der Waals surface area contributed by atoms with Gasteiger partial charge in [-0.05, 0) is 122 Å². The Hall–Kier alpha value is -3.41. The number of ether oxygens (including phenoxy) is 3. The number of allylic oxidation sites excluding steroid dienone is 14. The molecule has 6 nitrogen and oxygen atoms in total. The molecule has 0 spiro atoms. The van der Waals surface area contributed by atoms with Crippen molar-refractivity contribution in [3.8, 4) is 0 Å². The fourth-order valence-electron chi connectivity index (χ4n) is 8.45. The van der Waals surface area contributed by atoms with Crippen molar-refractivity contribution in [2.24, 2.45) is 0 Å². The average molecular weight is 1000 g/mol. The molecule has 0 aromatic heterocycles. The fraction of sp³-hybridized carbons (Fsp3) is 0.742. The molecule has 72 heavy (non-hydrogen) atoms. The van der Waals surface area contributed by atoms with Gasteiger partial charge in [0.1, 0.15) is 13.2 Å². The molecule has 0 amide bonds. The largest absolute Gasteiger partial charge is 0.462 e. The highest BCUT2D eigenvalue weighted by Gasteiger charge is 2.19. The molecule has 0 heterocycles. The van der Waals surface area contributed by atoms with Gasteiger partial charge in [0.2, 0.25) is 0 Å². The third-order valence-electron chi connectivity index (χ3n) is 13.1. The first kappa shape index (κ1) is 68.6. The summed E-state index contributed by atoms with van der Waals surface area (Å²) in [5.41, 5.74) is 0. The number of hydrogen-bond acceptors (Lipinski definition) is 6. The lowest BCUT2D eigenvalue weighted by molar-refractivity contribution is -0.167. The van der Waals surface area contributed by atoms with Gasteiger partial charge in [0.15, 0.2) is 6.10 Å². The number of carbonyl (C=O) groups is 3. The first-order valence-electron chi connectivity index (χ1n) is 30.6. The van der Waals surface area contributed by atoms with Crippen molar-refractivity contribution in [3.63, 3.8) is 0 Å². The number of esters is 3. The zero-order valence-electron chi connectivity index (χ0n) is 47.4. The molecule has 0 saturated carbocycles. The number of rotatable bonds is 55. The Bertz CT molecular complexity index is 1380. The van der Waals surface area contributed by atoms with Crippen LogP contribution in [0.15, 0.2) is 85.1 Å². The van der Waals surface area contributed by atoms with Gasteiger partial charge < -0.3 is 14.2 Å². The van der Waals surface area contributed by atoms with E-state index in [1.165, 1.54) is 148 Å². The lowest BCUT2D eigenvalue weighted by Crippen LogP contribution is -2.30. The minimum atomic E-state index is -0.791. The lowest BCUT2D eigenvalue weighted by Gasteiger charge is -2.18. The van der Waals surface area contributed by atoms with E-state index in [4.69, 9.17) is 14.2 Å². The van der Waals surface area contributed by atoms with Gasteiger partial charge in [-0.1, -0.05) is 241 Å². The molecule has 0 aliphatic carbocycles. The van der Waals surface area contributed by atoms with Gasteiger partial charge in [0, 0.05) is 19.3 Å². The van der Waals surface area contributed by atoms with Crippen molar-refractivity contribution in [2.75, 3.05) is 13.2 Å². The topological polar surface area (TPSA) is 78.9 Å². The van der Waals surface area contributed by atoms with E-state index in [0.717, 1.165) is 109 Å². The Balaban J connectivity index is 4.37. The van der Waals surface area contributed by atoms with E-state index in [2.05, 4.69) is 106 Å². The molecule has 0 fully saturated rings. The highest BCUT2D eigenvalue weighted by atomic mass is 16.6. The number of hydrogen-bond donors (Lipinski definition) is 0. The summed E-state index contributed by atoms with van der Waals surface area (Å²) < 4.78 is 16.9. The van der Waals surface area contributed by atoms with Crippen LogP contribution >= 0.6 is 0 Å². The quantitative estimate of drug-likeness (QED) is 0.0261. The van der Waals surface area contributed by atoms with E-state index >= 15 is 0 Å². The first-order valence-corrected chi connectivity index (χ1v) is 30.6. The standard InChI is InChI=1S/C66H114O6/c1-4-7-10-13-16-19-22-25-27-29-31-32-33-34-36-37-39-41-44-47-50-53-56-59-65(68)71-62-63(61-70-64(67)58-55-52-49-46-43-24-21-18-15-12-9-6-3)72-66(69)60-57-54-51-48-45-42-40-38-35-30-28-26-23-20-17-14-11-8-5-2/h17-18,20-22,25-26,28-29,31,33-35,38,63H,4-16,19,23-24,27,30,32,36-37,39-62H2,1-3H3/b20-17-,21-18-,25-22-,28-26-,31-29-,34-33-,38-35-. The Labute approximate surface area is 445 Å². The molecule has 0 rings (SSSR count). The molecule has 1 unspecified atom stereocenters. The summed E-state index contributed by atoms with van der Waals surface area (Å²) in [6.07, 6.45) is 78.6. The highest BCUT2D eigenvalue weighted by Crippen LogP contribution is 2.15. The van der Waals surface area contributed by atoms with Gasteiger partial charge >= 0.3 is 17.9 Å². The van der Waals surface area contributed by atoms with Crippen LogP contribution in [-0.2, 0) is 28.6 Å². The van der Waals surface area contributed by atoms with E-state index in [9.17, 15) is 14.4 Å². The van der Waals surface area contributed by atoms with Gasteiger partial charge in [0.25, 0.3) is 0 Å². The van der Waals surface area contributed by atoms with Crippen LogP contribution in [0.25, 0.3) is 0 Å². The van der Waals surface area contributed by atoms with Crippen LogP contribution in [0.4, 0.5) is 0 Å². The maximum absolute atomic E-state index is 12.9. The molecule has 6 heteroatoms. The zero-order chi connectivity index (χ0) is 52.2. The molecule has 0 aromatic rings. The summed E-state index contributed by atoms with van der Waals surface area (Å²) in [6.45, 7) is 6.57. The van der Waals surface area contributed by atoms with Crippen LogP contribution in [0.2, 0.25) is 0 Å². The normalized spacial score (nSPS) is 12.7. The van der Waals surface area contributed by atoms with Crippen LogP contribution in [0.5, 0.6) is 0 Å². The number of carbonyl (C=O) groups excluding carboxylic acids is 3. The number of unbranched alkanes of at least 4 members (excludes halogenated alkanes) is 30. The van der Waals surface area contributed by atoms with Crippen molar-refractivity contribution in [1.29, 1.82) is 0 Å². The van der Waals surface area contributed by atoms with E-state index in [0.29, 0.717) is 19.3 Å². The molecule has 0 aliphatic heterocycles. The minimum Gasteiger partial charge on any atom is -0.462 e. The lowest BCUT2D eigenvalue weighted by atomic mass is 10.1. The molecule has 0 bridgehead atoms. The third kappa shape index (κ3) is 57.5. The molecule has 414 valence electrons. The Morgan fingerprint density at radius 2 is 0.500 bits per heavy atom. The Morgan fingerprint density at radius 3 is 0.819 bits per heavy atom. The van der Waals surface area contributed by atoms with Crippen molar-refractivity contribution < 1.29 is 28.6 Å². The van der Waals surface area contributed by atoms with E-state index in [1.807, 2.05) is 0 Å². The highest BCUT2D eigenvalue weighted by molar-refractivity contribution is 5.71. The van der Waals surface area contributed by atoms with Crippen molar-refractivity contribution >= 4 is 17.9 Å². The second-order valence-corrected chi connectivity index (χ2v) is 20.2. The predicted octanol–water partition coefficient (Wildman–Crippen LogP) is 20.7. The Kier molecular flexibility index (Phi) is 57.3. The van der Waals surface area contributed by atoms with Gasteiger partial charge in [-0.3, -0.25) is 14.4 Å². The monoisotopic (exact) mass is 1000 g/mol. The minimum absolute atomic E-state index is 0.0883. The maximum atomic E-state index is 12.9. The van der Waals surface area contributed by atoms with E-state index in [-0.39, 0.29) is 31.1 Å². The SMILES string of the molecule is CCCCC/C=C\C/C=C\C/C=C\CCCCCCCCC(=O)OC(COC(=O)CCCCCCC/C=C\CCCCC)COC(=O)CCCCCCCCCC/C=C\C/C=C\C/C=C\CCCCCCC. The van der Waals surface area contributed by atoms with Gasteiger partial charge in [-0.15, -0.1) is 0 Å². The summed E-state index contributed by atoms with van der Waals surface area (Å²) in [6, 6.07) is 0. The molecule has 0 saturated heterocycles. The van der Waals surface area contributed by atoms with Crippen molar-refractivity contribution in [1.82, 2.24) is 0 Å². The smallest absolute Gasteiger partial charge is 0.306 e. The van der Waals surface area contributed by atoms with Gasteiger partial charge in [0.05, 0.1) is 0 Å². The molecule has 0 aliphatic rings. The summed E-state index contributed by atoms with van der Waals surface area (Å²) in [5, 5.41) is 0. The molecule has 0 aromatic carbocycles. The molecular formula is C66H114O6. The first-order chi connectivity index (χ1) is 35.5. The summed E-state index contributed by atoms with van der Waals surface area (Å²) in [7, 11) is 0. The van der Waals surface area contributed by atoms with Crippen LogP contribution in [0.3, 0.4) is 0 Å². The van der Waals surface area contributed by atoms with Gasteiger partial charge in [-0.2, -0.15) is 0 Å². The predicted molar refractivity (Wildman–Crippen MR) is 311 cm³/mol. The fourth-order valence-corrected chi connectivity index (χ4v) is 8.45. The molecule has 1 atom stereocenters. The maximum Gasteiger partial charge on any atom is 0.306 e. The average Bonchev–Trinajstić information content (AvgIpc) is 3.38. The van der Waals surface area contributed by atoms with E-state index < -0.39 is 6.10 Å². The molecule has 0 N–H and O–H groups in total. The van der Waals surface area contributed by atoms with E-state index in [1.54, 1.807) is 0 Å². The second kappa shape index (κ2) is 60.1. The summed E-state index contributed by atoms with van der Waals surface area (Å²) >= 11 is 0. The zero-order valence-corrected chi connectivity index (χ0v) is 47.4. The van der Waals surface area contributed by atoms with Crippen molar-refractivity contribution in [3.05, 3.63) is 85.1 Å². The van der Waals surface area contributed by atoms with Crippen LogP contribution < -0.4 is 0 Å². The summed E-state index contributed by atoms with van der Waals surface area (Å²) in [5.74, 6) is -0.909. The summed E-state index contributed by atoms with van der Waals surface area (Å²) in [4.78, 5) is 38.2. The Morgan fingerprint density at radius 1 is 0.278 bits per heavy atom. The van der Waals surface area contributed by atoms with Crippen LogP contribution in [0.1, 0.15) is 297 Å². The third-order valence-corrected chi connectivity index (χ3v) is 13.1. The molecular weight excluding hydrogens is 889 g/mol. The van der Waals surface area contributed by atoms with Crippen LogP contribution in [0, 0.1) is 0 Å². The van der Waals surface area contributed by atoms with Crippen LogP contribution in [-0.4, -0.2) is 37.2 Å². The molecule has 0 radical (unpaired) electrons. The second-order valence-electron chi connectivity index (χ2n) is 20.2. The van der Waals surface area contributed by atoms with Gasteiger partial charge in [-0.25, -0.2) is 0 Å². The van der Waals surface area contributed by atoms with Crippen molar-refractivity contribution in [2.45, 2.75) is 303 Å².